The Balaban J connectivity index is 2.31. The Morgan fingerprint density at radius 1 is 1.17 bits per heavy atom. The first kappa shape index (κ1) is 20.4. The van der Waals surface area contributed by atoms with Gasteiger partial charge >= 0.3 is 0 Å². The summed E-state index contributed by atoms with van der Waals surface area (Å²) >= 11 is 1.36. The zero-order chi connectivity index (χ0) is 21.1. The van der Waals surface area contributed by atoms with Crippen LogP contribution in [0.25, 0.3) is 26.4 Å². The molecule has 2 aromatic heterocycles. The third-order valence-electron chi connectivity index (χ3n) is 4.53. The molecule has 0 aliphatic heterocycles. The second-order valence-electron chi connectivity index (χ2n) is 6.28. The number of hydrogen-bond acceptors (Lipinski definition) is 7. The summed E-state index contributed by atoms with van der Waals surface area (Å²) < 4.78 is 16.3. The Bertz CT molecular complexity index is 1090. The topological polar surface area (TPSA) is 61.1 Å². The lowest BCUT2D eigenvalue weighted by Crippen LogP contribution is -2.19. The summed E-state index contributed by atoms with van der Waals surface area (Å²) in [6.45, 7) is 13.8. The summed E-state index contributed by atoms with van der Waals surface area (Å²) in [5, 5.41) is 1.51. The van der Waals surface area contributed by atoms with E-state index in [0.29, 0.717) is 34.6 Å². The number of fused-ring (bicyclic) bond motifs is 1. The predicted octanol–water partition coefficient (Wildman–Crippen LogP) is 4.87. The smallest absolute Gasteiger partial charge is 0.246 e. The lowest BCUT2D eigenvalue weighted by molar-refractivity contribution is 0.324. The van der Waals surface area contributed by atoms with E-state index in [0.717, 1.165) is 27.2 Å². The van der Waals surface area contributed by atoms with Gasteiger partial charge in [0.2, 0.25) is 10.8 Å². The SMILES string of the molecule is [C-]#[N+]c1sc2nc(-c3cc(OC)c(OC)c(OC)c3)nc(N(C)CC=C)c2c1C. The zero-order valence-electron chi connectivity index (χ0n) is 17.1. The van der Waals surface area contributed by atoms with Gasteiger partial charge in [-0.05, 0) is 24.6 Å². The molecule has 0 saturated carbocycles. The highest BCUT2D eigenvalue weighted by molar-refractivity contribution is 7.22. The highest BCUT2D eigenvalue weighted by atomic mass is 32.1. The first-order valence-corrected chi connectivity index (χ1v) is 9.61. The number of aryl methyl sites for hydroxylation is 1. The first-order valence-electron chi connectivity index (χ1n) is 8.80. The summed E-state index contributed by atoms with van der Waals surface area (Å²) in [6, 6.07) is 3.63. The number of anilines is 1. The molecule has 8 heteroatoms. The van der Waals surface area contributed by atoms with E-state index >= 15 is 0 Å². The summed E-state index contributed by atoms with van der Waals surface area (Å²) in [6.07, 6.45) is 1.81. The van der Waals surface area contributed by atoms with Gasteiger partial charge in [-0.3, -0.25) is 0 Å². The van der Waals surface area contributed by atoms with E-state index in [4.69, 9.17) is 30.8 Å². The number of nitrogens with zero attached hydrogens (tertiary/aromatic N) is 4. The van der Waals surface area contributed by atoms with Crippen LogP contribution in [0.2, 0.25) is 0 Å². The van der Waals surface area contributed by atoms with E-state index in [2.05, 4.69) is 11.4 Å². The number of thiophene rings is 1. The van der Waals surface area contributed by atoms with E-state index in [-0.39, 0.29) is 0 Å². The number of benzene rings is 1. The van der Waals surface area contributed by atoms with Gasteiger partial charge in [-0.2, -0.15) is 0 Å². The van der Waals surface area contributed by atoms with Crippen LogP contribution in [-0.4, -0.2) is 44.9 Å². The molecule has 0 radical (unpaired) electrons. The molecule has 0 aliphatic rings. The number of aromatic nitrogens is 2. The van der Waals surface area contributed by atoms with E-state index in [1.165, 1.54) is 11.3 Å². The molecule has 0 bridgehead atoms. The number of hydrogen-bond donors (Lipinski definition) is 0. The monoisotopic (exact) mass is 410 g/mol. The van der Waals surface area contributed by atoms with Crippen LogP contribution >= 0.6 is 11.3 Å². The zero-order valence-corrected chi connectivity index (χ0v) is 17.9. The van der Waals surface area contributed by atoms with Crippen LogP contribution in [0.15, 0.2) is 24.8 Å². The van der Waals surface area contributed by atoms with E-state index in [9.17, 15) is 0 Å². The number of methoxy groups -OCH3 is 3. The Labute approximate surface area is 174 Å². The largest absolute Gasteiger partial charge is 0.493 e. The molecule has 0 N–H and O–H groups in total. The molecule has 0 fully saturated rings. The molecule has 2 heterocycles. The molecule has 0 atom stereocenters. The van der Waals surface area contributed by atoms with E-state index in [1.54, 1.807) is 21.3 Å². The maximum Gasteiger partial charge on any atom is 0.246 e. The summed E-state index contributed by atoms with van der Waals surface area (Å²) in [5.74, 6) is 2.82. The van der Waals surface area contributed by atoms with Gasteiger partial charge in [-0.25, -0.2) is 14.8 Å². The van der Waals surface area contributed by atoms with Crippen molar-refractivity contribution in [1.29, 1.82) is 0 Å². The molecular weight excluding hydrogens is 388 g/mol. The van der Waals surface area contributed by atoms with Crippen molar-refractivity contribution in [2.75, 3.05) is 39.8 Å². The van der Waals surface area contributed by atoms with Gasteiger partial charge in [0, 0.05) is 24.5 Å². The Morgan fingerprint density at radius 3 is 2.34 bits per heavy atom. The fourth-order valence-electron chi connectivity index (χ4n) is 3.11. The van der Waals surface area contributed by atoms with Crippen LogP contribution in [0.3, 0.4) is 0 Å². The lowest BCUT2D eigenvalue weighted by atomic mass is 10.1. The van der Waals surface area contributed by atoms with Crippen LogP contribution in [-0.2, 0) is 0 Å². The molecule has 7 nitrogen and oxygen atoms in total. The van der Waals surface area contributed by atoms with Crippen LogP contribution < -0.4 is 19.1 Å². The second-order valence-corrected chi connectivity index (χ2v) is 7.26. The molecule has 3 aromatic rings. The Morgan fingerprint density at radius 2 is 1.83 bits per heavy atom. The maximum absolute atomic E-state index is 7.46. The van der Waals surface area contributed by atoms with E-state index in [1.807, 2.05) is 37.1 Å². The van der Waals surface area contributed by atoms with Gasteiger partial charge < -0.3 is 19.1 Å². The Hall–Kier alpha value is -3.31. The predicted molar refractivity (Wildman–Crippen MR) is 117 cm³/mol. The first-order chi connectivity index (χ1) is 14.0. The molecule has 3 rings (SSSR count). The van der Waals surface area contributed by atoms with Crippen molar-refractivity contribution in [3.05, 3.63) is 41.8 Å². The van der Waals surface area contributed by atoms with Gasteiger partial charge in [0.1, 0.15) is 10.6 Å². The Kier molecular flexibility index (Phi) is 5.89. The molecular formula is C21H22N4O3S. The van der Waals surface area contributed by atoms with Crippen LogP contribution in [0.1, 0.15) is 5.56 Å². The van der Waals surface area contributed by atoms with Crippen molar-refractivity contribution in [3.8, 4) is 28.6 Å². The van der Waals surface area contributed by atoms with Crippen molar-refractivity contribution in [2.45, 2.75) is 6.92 Å². The highest BCUT2D eigenvalue weighted by Crippen LogP contribution is 2.44. The number of ether oxygens (including phenoxy) is 3. The average molecular weight is 410 g/mol. The highest BCUT2D eigenvalue weighted by Gasteiger charge is 2.21. The number of rotatable bonds is 7. The van der Waals surface area contributed by atoms with Crippen LogP contribution in [0, 0.1) is 13.5 Å². The lowest BCUT2D eigenvalue weighted by Gasteiger charge is -2.19. The van der Waals surface area contributed by atoms with Gasteiger partial charge in [-0.1, -0.05) is 6.08 Å². The van der Waals surface area contributed by atoms with Crippen molar-refractivity contribution >= 4 is 32.4 Å². The van der Waals surface area contributed by atoms with Gasteiger partial charge in [0.05, 0.1) is 27.9 Å². The van der Waals surface area contributed by atoms with Gasteiger partial charge in [0.15, 0.2) is 17.3 Å². The van der Waals surface area contributed by atoms with Crippen molar-refractivity contribution < 1.29 is 14.2 Å². The minimum absolute atomic E-state index is 0.506. The van der Waals surface area contributed by atoms with Crippen molar-refractivity contribution in [1.82, 2.24) is 9.97 Å². The molecule has 0 aliphatic carbocycles. The summed E-state index contributed by atoms with van der Waals surface area (Å²) in [5.41, 5.74) is 1.62. The molecule has 0 unspecified atom stereocenters. The minimum Gasteiger partial charge on any atom is -0.493 e. The van der Waals surface area contributed by atoms with Crippen molar-refractivity contribution in [2.24, 2.45) is 0 Å². The van der Waals surface area contributed by atoms with Crippen molar-refractivity contribution in [3.63, 3.8) is 0 Å². The fourth-order valence-corrected chi connectivity index (χ4v) is 4.07. The molecule has 1 aromatic carbocycles. The minimum atomic E-state index is 0.506. The molecule has 29 heavy (non-hydrogen) atoms. The van der Waals surface area contributed by atoms with Crippen LogP contribution in [0.4, 0.5) is 10.8 Å². The third-order valence-corrected chi connectivity index (χ3v) is 5.61. The average Bonchev–Trinajstić information content (AvgIpc) is 3.07. The molecule has 150 valence electrons. The maximum atomic E-state index is 7.46. The third kappa shape index (κ3) is 3.57. The molecule has 0 saturated heterocycles. The fraction of sp³-hybridized carbons (Fsp3) is 0.286. The van der Waals surface area contributed by atoms with Gasteiger partial charge in [0.25, 0.3) is 0 Å². The second kappa shape index (κ2) is 8.37. The summed E-state index contributed by atoms with van der Waals surface area (Å²) in [7, 11) is 6.64. The molecule has 0 spiro atoms. The number of likely N-dealkylation sites (N-methyl/N-ethyl adjacent to an activating group) is 1. The standard InChI is InChI=1S/C21H22N4O3S/c1-8-9-25(4)19-16-12(2)20(22-3)29-21(16)24-18(23-19)13-10-14(26-5)17(28-7)15(11-13)27-6/h8,10-11H,1,9H2,2,4-7H3. The normalized spacial score (nSPS) is 10.5. The summed E-state index contributed by atoms with van der Waals surface area (Å²) in [4.78, 5) is 16.0. The van der Waals surface area contributed by atoms with Crippen LogP contribution in [0.5, 0.6) is 17.2 Å². The quantitative estimate of drug-likeness (QED) is 0.409. The van der Waals surface area contributed by atoms with E-state index < -0.39 is 0 Å². The van der Waals surface area contributed by atoms with Gasteiger partial charge in [-0.15, -0.1) is 17.9 Å². The molecule has 0 amide bonds.